The molecule has 0 bridgehead atoms. The zero-order valence-electron chi connectivity index (χ0n) is 12.5. The molecule has 7 heteroatoms. The van der Waals surface area contributed by atoms with Crippen LogP contribution in [-0.2, 0) is 23.1 Å². The van der Waals surface area contributed by atoms with Crippen molar-refractivity contribution in [1.29, 1.82) is 0 Å². The number of rotatable bonds is 5. The lowest BCUT2D eigenvalue weighted by molar-refractivity contribution is 0.135. The fourth-order valence-electron chi connectivity index (χ4n) is 2.38. The van der Waals surface area contributed by atoms with Crippen LogP contribution < -0.4 is 4.83 Å². The summed E-state index contributed by atoms with van der Waals surface area (Å²) in [5.41, 5.74) is 1.63. The lowest BCUT2D eigenvalue weighted by Gasteiger charge is -2.32. The van der Waals surface area contributed by atoms with Crippen molar-refractivity contribution in [3.8, 4) is 0 Å². The number of hydrogen-bond donors (Lipinski definition) is 2. The molecule has 1 aliphatic heterocycles. The van der Waals surface area contributed by atoms with Crippen LogP contribution >= 0.6 is 0 Å². The highest BCUT2D eigenvalue weighted by Crippen LogP contribution is 2.17. The van der Waals surface area contributed by atoms with Crippen molar-refractivity contribution in [2.24, 2.45) is 0 Å². The lowest BCUT2D eigenvalue weighted by Crippen LogP contribution is -2.52. The Balaban J connectivity index is 2.15. The van der Waals surface area contributed by atoms with E-state index in [9.17, 15) is 13.5 Å². The maximum atomic E-state index is 12.4. The smallest absolute Gasteiger partial charge is 0.253 e. The van der Waals surface area contributed by atoms with Crippen LogP contribution in [0.25, 0.3) is 0 Å². The van der Waals surface area contributed by atoms with Gasteiger partial charge in [-0.25, -0.2) is 13.4 Å². The van der Waals surface area contributed by atoms with Gasteiger partial charge in [0.05, 0.1) is 11.5 Å². The second kappa shape index (κ2) is 6.85. The van der Waals surface area contributed by atoms with Gasteiger partial charge >= 0.3 is 0 Å². The van der Waals surface area contributed by atoms with E-state index in [4.69, 9.17) is 0 Å². The summed E-state index contributed by atoms with van der Waals surface area (Å²) in [5, 5.41) is 11.1. The van der Waals surface area contributed by atoms with E-state index in [1.54, 1.807) is 23.2 Å². The molecule has 1 aromatic rings. The number of nitrogens with one attached hydrogen (secondary N) is 1. The molecule has 0 aromatic heterocycles. The van der Waals surface area contributed by atoms with Crippen LogP contribution in [0.3, 0.4) is 0 Å². The van der Waals surface area contributed by atoms with E-state index in [0.717, 1.165) is 25.1 Å². The van der Waals surface area contributed by atoms with Crippen LogP contribution in [0.5, 0.6) is 0 Å². The number of hydrazine groups is 1. The standard InChI is InChI=1S/C14H23N3O3S/c1-3-12-4-5-14(10-13(12)11-18)21(19,20)15-17-8-6-16(2)7-9-17/h4-5,10,15,18H,3,6-9,11H2,1-2H3. The van der Waals surface area contributed by atoms with Crippen LogP contribution in [0.15, 0.2) is 23.1 Å². The van der Waals surface area contributed by atoms with Gasteiger partial charge in [-0.1, -0.05) is 13.0 Å². The molecule has 21 heavy (non-hydrogen) atoms. The van der Waals surface area contributed by atoms with Gasteiger partial charge in [0.25, 0.3) is 10.0 Å². The van der Waals surface area contributed by atoms with Crippen molar-refractivity contribution in [3.05, 3.63) is 29.3 Å². The summed E-state index contributed by atoms with van der Waals surface area (Å²) in [6.45, 7) is 4.82. The van der Waals surface area contributed by atoms with Crippen LogP contribution in [0, 0.1) is 0 Å². The first-order valence-electron chi connectivity index (χ1n) is 7.15. The van der Waals surface area contributed by atoms with Crippen molar-refractivity contribution in [2.45, 2.75) is 24.8 Å². The number of sulfonamides is 1. The van der Waals surface area contributed by atoms with Gasteiger partial charge in [-0.15, -0.1) is 4.83 Å². The van der Waals surface area contributed by atoms with Crippen LogP contribution in [0.4, 0.5) is 0 Å². The van der Waals surface area contributed by atoms with E-state index in [-0.39, 0.29) is 11.5 Å². The maximum Gasteiger partial charge on any atom is 0.253 e. The Bertz CT molecular complexity index is 581. The number of likely N-dealkylation sites (N-methyl/N-ethyl adjacent to an activating group) is 1. The number of hydrogen-bond acceptors (Lipinski definition) is 5. The fraction of sp³-hybridized carbons (Fsp3) is 0.571. The summed E-state index contributed by atoms with van der Waals surface area (Å²) in [5.74, 6) is 0. The van der Waals surface area contributed by atoms with Gasteiger partial charge in [0.1, 0.15) is 0 Å². The van der Waals surface area contributed by atoms with E-state index < -0.39 is 10.0 Å². The van der Waals surface area contributed by atoms with Gasteiger partial charge in [0.15, 0.2) is 0 Å². The van der Waals surface area contributed by atoms with Gasteiger partial charge < -0.3 is 10.0 Å². The van der Waals surface area contributed by atoms with E-state index in [2.05, 4.69) is 9.73 Å². The normalized spacial score (nSPS) is 18.0. The predicted octanol–water partition coefficient (Wildman–Crippen LogP) is 0.182. The highest BCUT2D eigenvalue weighted by Gasteiger charge is 2.22. The third-order valence-corrected chi connectivity index (χ3v) is 5.16. The quantitative estimate of drug-likeness (QED) is 0.811. The number of nitrogens with zero attached hydrogens (tertiary/aromatic N) is 2. The molecule has 1 fully saturated rings. The Kier molecular flexibility index (Phi) is 5.34. The van der Waals surface area contributed by atoms with Gasteiger partial charge in [0, 0.05) is 26.2 Å². The zero-order chi connectivity index (χ0) is 15.5. The van der Waals surface area contributed by atoms with E-state index in [1.165, 1.54) is 0 Å². The average molecular weight is 313 g/mol. The molecule has 1 aliphatic rings. The zero-order valence-corrected chi connectivity index (χ0v) is 13.4. The Labute approximate surface area is 126 Å². The van der Waals surface area contributed by atoms with Gasteiger partial charge in [-0.05, 0) is 36.7 Å². The van der Waals surface area contributed by atoms with Crippen LogP contribution in [-0.4, -0.2) is 56.7 Å². The summed E-state index contributed by atoms with van der Waals surface area (Å²) in [6.07, 6.45) is 0.766. The van der Waals surface area contributed by atoms with Gasteiger partial charge in [0.2, 0.25) is 0 Å². The second-order valence-corrected chi connectivity index (χ2v) is 6.99. The molecule has 1 saturated heterocycles. The molecule has 6 nitrogen and oxygen atoms in total. The van der Waals surface area contributed by atoms with E-state index >= 15 is 0 Å². The molecule has 1 aromatic carbocycles. The third kappa shape index (κ3) is 4.02. The number of benzene rings is 1. The minimum Gasteiger partial charge on any atom is -0.392 e. The highest BCUT2D eigenvalue weighted by atomic mass is 32.2. The molecule has 2 rings (SSSR count). The molecule has 0 atom stereocenters. The van der Waals surface area contributed by atoms with Crippen LogP contribution in [0.2, 0.25) is 0 Å². The van der Waals surface area contributed by atoms with Crippen LogP contribution in [0.1, 0.15) is 18.1 Å². The Hall–Kier alpha value is -0.990. The Morgan fingerprint density at radius 1 is 1.19 bits per heavy atom. The molecular weight excluding hydrogens is 290 g/mol. The molecule has 118 valence electrons. The molecule has 0 aliphatic carbocycles. The molecular formula is C14H23N3O3S. The summed E-state index contributed by atoms with van der Waals surface area (Å²) in [6, 6.07) is 4.91. The maximum absolute atomic E-state index is 12.4. The average Bonchev–Trinajstić information content (AvgIpc) is 2.48. The van der Waals surface area contributed by atoms with E-state index in [1.807, 2.05) is 14.0 Å². The van der Waals surface area contributed by atoms with Gasteiger partial charge in [-0.3, -0.25) is 0 Å². The van der Waals surface area contributed by atoms with Crippen molar-refractivity contribution < 1.29 is 13.5 Å². The summed E-state index contributed by atoms with van der Waals surface area (Å²) >= 11 is 0. The van der Waals surface area contributed by atoms with Crippen molar-refractivity contribution in [2.75, 3.05) is 33.2 Å². The minimum atomic E-state index is -3.59. The predicted molar refractivity (Wildman–Crippen MR) is 81.1 cm³/mol. The first kappa shape index (κ1) is 16.4. The number of aliphatic hydroxyl groups is 1. The molecule has 0 unspecified atom stereocenters. The lowest BCUT2D eigenvalue weighted by atomic mass is 10.1. The highest BCUT2D eigenvalue weighted by molar-refractivity contribution is 7.89. The molecule has 0 radical (unpaired) electrons. The number of aryl methyl sites for hydroxylation is 1. The van der Waals surface area contributed by atoms with Crippen molar-refractivity contribution in [1.82, 2.24) is 14.7 Å². The summed E-state index contributed by atoms with van der Waals surface area (Å²) in [4.78, 5) is 4.97. The molecule has 0 saturated carbocycles. The monoisotopic (exact) mass is 313 g/mol. The van der Waals surface area contributed by atoms with Crippen molar-refractivity contribution >= 4 is 10.0 Å². The topological polar surface area (TPSA) is 72.9 Å². The SMILES string of the molecule is CCc1ccc(S(=O)(=O)NN2CCN(C)CC2)cc1CO. The first-order valence-corrected chi connectivity index (χ1v) is 8.63. The number of piperazine rings is 1. The summed E-state index contributed by atoms with van der Waals surface area (Å²) in [7, 11) is -1.57. The molecule has 0 amide bonds. The van der Waals surface area contributed by atoms with E-state index in [0.29, 0.717) is 18.7 Å². The third-order valence-electron chi connectivity index (χ3n) is 3.79. The largest absolute Gasteiger partial charge is 0.392 e. The Morgan fingerprint density at radius 3 is 2.43 bits per heavy atom. The van der Waals surface area contributed by atoms with Crippen molar-refractivity contribution in [3.63, 3.8) is 0 Å². The fourth-order valence-corrected chi connectivity index (χ4v) is 3.55. The summed E-state index contributed by atoms with van der Waals surface area (Å²) < 4.78 is 24.8. The molecule has 0 spiro atoms. The molecule has 2 N–H and O–H groups in total. The number of aliphatic hydroxyl groups excluding tert-OH is 1. The second-order valence-electron chi connectivity index (χ2n) is 5.33. The first-order chi connectivity index (χ1) is 9.96. The Morgan fingerprint density at radius 2 is 1.86 bits per heavy atom. The molecule has 1 heterocycles. The minimum absolute atomic E-state index is 0.152. The van der Waals surface area contributed by atoms with Gasteiger partial charge in [-0.2, -0.15) is 0 Å².